The number of hydrogen-bond acceptors (Lipinski definition) is 4. The molecule has 30 heavy (non-hydrogen) atoms. The van der Waals surface area contributed by atoms with E-state index in [0.717, 1.165) is 36.1 Å². The summed E-state index contributed by atoms with van der Waals surface area (Å²) in [6, 6.07) is 10.5. The Balaban J connectivity index is 1.38. The minimum atomic E-state index is -1.34. The summed E-state index contributed by atoms with van der Waals surface area (Å²) < 4.78 is 19.0. The third-order valence-corrected chi connectivity index (χ3v) is 7.85. The van der Waals surface area contributed by atoms with Gasteiger partial charge in [0, 0.05) is 23.4 Å². The number of pyridine rings is 1. The van der Waals surface area contributed by atoms with E-state index in [2.05, 4.69) is 11.9 Å². The number of esters is 1. The van der Waals surface area contributed by atoms with Gasteiger partial charge in [-0.25, -0.2) is 9.18 Å². The molecule has 3 fully saturated rings. The second kappa shape index (κ2) is 7.16. The van der Waals surface area contributed by atoms with Crippen LogP contribution in [0.1, 0.15) is 38.8 Å². The van der Waals surface area contributed by atoms with Gasteiger partial charge in [-0.15, -0.1) is 0 Å². The minimum Gasteiger partial charge on any atom is -0.460 e. The van der Waals surface area contributed by atoms with E-state index in [9.17, 15) is 14.3 Å². The smallest absolute Gasteiger partial charge is 0.338 e. The summed E-state index contributed by atoms with van der Waals surface area (Å²) in [5.74, 6) is 0.642. The maximum atomic E-state index is 13.5. The molecule has 4 nitrogen and oxygen atoms in total. The van der Waals surface area contributed by atoms with Crippen molar-refractivity contribution in [3.8, 4) is 11.1 Å². The van der Waals surface area contributed by atoms with E-state index in [1.54, 1.807) is 12.3 Å². The third kappa shape index (κ3) is 3.06. The van der Waals surface area contributed by atoms with Crippen LogP contribution in [0.25, 0.3) is 11.1 Å². The molecule has 0 spiro atoms. The minimum absolute atomic E-state index is 0.134. The van der Waals surface area contributed by atoms with Gasteiger partial charge < -0.3 is 9.84 Å². The summed E-state index contributed by atoms with van der Waals surface area (Å²) >= 11 is 0. The quantitative estimate of drug-likeness (QED) is 0.763. The number of aromatic nitrogens is 1. The van der Waals surface area contributed by atoms with E-state index < -0.39 is 11.6 Å². The average Bonchev–Trinajstić information content (AvgIpc) is 3.21. The summed E-state index contributed by atoms with van der Waals surface area (Å²) in [6.45, 7) is 4.09. The van der Waals surface area contributed by atoms with Gasteiger partial charge in [-0.3, -0.25) is 4.98 Å². The summed E-state index contributed by atoms with van der Waals surface area (Å²) in [7, 11) is 0. The summed E-state index contributed by atoms with van der Waals surface area (Å²) in [4.78, 5) is 17.1. The number of benzene rings is 1. The first kappa shape index (κ1) is 19.7. The van der Waals surface area contributed by atoms with Crippen LogP contribution >= 0.6 is 0 Å². The molecule has 0 bridgehead atoms. The van der Waals surface area contributed by atoms with E-state index in [-0.39, 0.29) is 23.8 Å². The van der Waals surface area contributed by atoms with Crippen LogP contribution < -0.4 is 0 Å². The van der Waals surface area contributed by atoms with Crippen molar-refractivity contribution in [1.82, 2.24) is 4.98 Å². The van der Waals surface area contributed by atoms with E-state index in [4.69, 9.17) is 4.74 Å². The fourth-order valence-corrected chi connectivity index (χ4v) is 6.62. The van der Waals surface area contributed by atoms with Crippen LogP contribution in [0.2, 0.25) is 0 Å². The highest BCUT2D eigenvalue weighted by atomic mass is 19.1. The maximum absolute atomic E-state index is 13.5. The van der Waals surface area contributed by atoms with Crippen LogP contribution in [0.3, 0.4) is 0 Å². The highest BCUT2D eigenvalue weighted by Crippen LogP contribution is 2.58. The largest absolute Gasteiger partial charge is 0.460 e. The van der Waals surface area contributed by atoms with E-state index >= 15 is 0 Å². The zero-order valence-corrected chi connectivity index (χ0v) is 17.4. The fraction of sp³-hybridized carbons (Fsp3) is 0.520. The number of aliphatic hydroxyl groups is 1. The Hall–Kier alpha value is -2.27. The van der Waals surface area contributed by atoms with Crippen molar-refractivity contribution in [3.63, 3.8) is 0 Å². The van der Waals surface area contributed by atoms with Crippen LogP contribution in [-0.4, -0.2) is 27.8 Å². The molecule has 7 atom stereocenters. The number of hydrogen-bond donors (Lipinski definition) is 1. The number of carbonyl (C=O) groups excluding carboxylic acids is 1. The molecule has 2 saturated carbocycles. The Kier molecular flexibility index (Phi) is 4.69. The monoisotopic (exact) mass is 409 g/mol. The van der Waals surface area contributed by atoms with Gasteiger partial charge in [-0.1, -0.05) is 25.1 Å². The maximum Gasteiger partial charge on any atom is 0.338 e. The number of fused-ring (bicyclic) bond motifs is 3. The van der Waals surface area contributed by atoms with Crippen molar-refractivity contribution in [2.45, 2.75) is 51.2 Å². The Labute approximate surface area is 176 Å². The molecular weight excluding hydrogens is 381 g/mol. The highest BCUT2D eigenvalue weighted by molar-refractivity contribution is 5.82. The second-order valence-corrected chi connectivity index (χ2v) is 9.57. The molecule has 1 aliphatic heterocycles. The fourth-order valence-electron chi connectivity index (χ4n) is 6.62. The lowest BCUT2D eigenvalue weighted by Crippen LogP contribution is -2.54. The molecule has 3 aliphatic rings. The number of rotatable bonds is 3. The lowest BCUT2D eigenvalue weighted by Gasteiger charge is -2.45. The van der Waals surface area contributed by atoms with Crippen molar-refractivity contribution < 1.29 is 19.0 Å². The first-order valence-corrected chi connectivity index (χ1v) is 11.0. The number of carbonyl (C=O) groups is 1. The summed E-state index contributed by atoms with van der Waals surface area (Å²) in [5, 5.41) is 11.2. The molecular formula is C25H28FNO3. The van der Waals surface area contributed by atoms with Gasteiger partial charge in [0.25, 0.3) is 0 Å². The van der Waals surface area contributed by atoms with Crippen molar-refractivity contribution in [3.05, 3.63) is 54.1 Å². The molecule has 0 radical (unpaired) electrons. The van der Waals surface area contributed by atoms with Crippen LogP contribution in [0, 0.1) is 35.4 Å². The van der Waals surface area contributed by atoms with Gasteiger partial charge in [-0.05, 0) is 80.0 Å². The molecule has 1 N–H and O–H groups in total. The van der Waals surface area contributed by atoms with Gasteiger partial charge in [0.05, 0.1) is 0 Å². The lowest BCUT2D eigenvalue weighted by atomic mass is 9.58. The molecule has 1 aromatic heterocycles. The third-order valence-electron chi connectivity index (χ3n) is 7.85. The first-order valence-electron chi connectivity index (χ1n) is 11.0. The van der Waals surface area contributed by atoms with Gasteiger partial charge in [0.2, 0.25) is 0 Å². The lowest BCUT2D eigenvalue weighted by molar-refractivity contribution is -0.161. The Morgan fingerprint density at radius 3 is 2.77 bits per heavy atom. The number of ether oxygens (including phenoxy) is 1. The molecule has 5 heteroatoms. The van der Waals surface area contributed by atoms with Gasteiger partial charge in [-0.2, -0.15) is 0 Å². The van der Waals surface area contributed by atoms with Crippen LogP contribution in [0.4, 0.5) is 4.39 Å². The van der Waals surface area contributed by atoms with Gasteiger partial charge >= 0.3 is 5.97 Å². The Morgan fingerprint density at radius 1 is 1.20 bits per heavy atom. The molecule has 2 heterocycles. The summed E-state index contributed by atoms with van der Waals surface area (Å²) in [5.41, 5.74) is 1.38. The van der Waals surface area contributed by atoms with Crippen LogP contribution in [-0.2, 0) is 16.0 Å². The topological polar surface area (TPSA) is 59.4 Å². The molecule has 1 aromatic carbocycles. The van der Waals surface area contributed by atoms with Crippen molar-refractivity contribution in [1.29, 1.82) is 0 Å². The number of cyclic esters (lactones) is 1. The molecule has 158 valence electrons. The number of halogens is 1. The first-order chi connectivity index (χ1) is 14.4. The van der Waals surface area contributed by atoms with Crippen molar-refractivity contribution in [2.75, 3.05) is 0 Å². The van der Waals surface area contributed by atoms with Gasteiger partial charge in [0.15, 0.2) is 5.60 Å². The average molecular weight is 410 g/mol. The van der Waals surface area contributed by atoms with Crippen LogP contribution in [0.15, 0.2) is 42.6 Å². The zero-order valence-electron chi connectivity index (χ0n) is 17.4. The zero-order chi connectivity index (χ0) is 21.0. The summed E-state index contributed by atoms with van der Waals surface area (Å²) in [6.07, 6.45) is 5.11. The Bertz CT molecular complexity index is 961. The predicted octanol–water partition coefficient (Wildman–Crippen LogP) is 4.41. The van der Waals surface area contributed by atoms with Gasteiger partial charge in [0.1, 0.15) is 11.9 Å². The Morgan fingerprint density at radius 2 is 2.03 bits per heavy atom. The van der Waals surface area contributed by atoms with Crippen LogP contribution in [0.5, 0.6) is 0 Å². The molecule has 2 aromatic rings. The molecule has 5 rings (SSSR count). The molecule has 0 amide bonds. The molecule has 2 aliphatic carbocycles. The number of nitrogens with zero attached hydrogens (tertiary/aromatic N) is 1. The molecule has 2 unspecified atom stereocenters. The van der Waals surface area contributed by atoms with Crippen molar-refractivity contribution >= 4 is 5.97 Å². The molecule has 1 saturated heterocycles. The van der Waals surface area contributed by atoms with Crippen molar-refractivity contribution in [2.24, 2.45) is 29.6 Å². The standard InChI is InChI=1S/C25H28FNO3/c1-14-12-25(29)23(15(2)30-24(25)28)22-17(7-9-21(14)22)11-20-8-6-18(13-27-20)16-4-3-5-19(26)10-16/h3-6,8,10,13-15,17,21-23,29H,7,9,11-12H2,1-2H3/t14-,15+,17?,21?,22-,23-,25-/m0/s1. The van der Waals surface area contributed by atoms with E-state index in [1.807, 2.05) is 25.1 Å². The normalized spacial score (nSPS) is 37.5. The SMILES string of the molecule is C[C@H]1C[C@@]2(O)C(=O)O[C@H](C)[C@H]2[C@H]2C(Cc3ccc(-c4cccc(F)c4)cn3)CCC21. The van der Waals surface area contributed by atoms with E-state index in [0.29, 0.717) is 24.2 Å². The highest BCUT2D eigenvalue weighted by Gasteiger charge is 2.65. The predicted molar refractivity (Wildman–Crippen MR) is 111 cm³/mol. The van der Waals surface area contributed by atoms with E-state index in [1.165, 1.54) is 12.1 Å². The second-order valence-electron chi connectivity index (χ2n) is 9.57.